The third-order valence-electron chi connectivity index (χ3n) is 3.91. The molecular formula is C16H23N3O2. The average Bonchev–Trinajstić information content (AvgIpc) is 2.51. The number of rotatable bonds is 5. The third kappa shape index (κ3) is 3.01. The molecule has 0 saturated heterocycles. The number of nitrogens with zero attached hydrogens (tertiary/aromatic N) is 2. The highest BCUT2D eigenvalue weighted by molar-refractivity contribution is 6.07. The van der Waals surface area contributed by atoms with Crippen molar-refractivity contribution in [1.29, 1.82) is 0 Å². The van der Waals surface area contributed by atoms with Crippen LogP contribution >= 0.6 is 0 Å². The van der Waals surface area contributed by atoms with Gasteiger partial charge in [-0.2, -0.15) is 0 Å². The molecule has 21 heavy (non-hydrogen) atoms. The van der Waals surface area contributed by atoms with Crippen molar-refractivity contribution in [1.82, 2.24) is 4.90 Å². The van der Waals surface area contributed by atoms with Gasteiger partial charge in [0.15, 0.2) is 0 Å². The Kier molecular flexibility index (Phi) is 4.83. The number of likely N-dealkylation sites (N-methyl/N-ethyl adjacent to an activating group) is 1. The summed E-state index contributed by atoms with van der Waals surface area (Å²) in [5, 5.41) is 3.24. The molecule has 0 aromatic heterocycles. The lowest BCUT2D eigenvalue weighted by Gasteiger charge is -2.35. The van der Waals surface area contributed by atoms with Crippen LogP contribution in [0.3, 0.4) is 0 Å². The molecule has 1 aromatic rings. The zero-order valence-electron chi connectivity index (χ0n) is 12.9. The average molecular weight is 289 g/mol. The second-order valence-corrected chi connectivity index (χ2v) is 5.11. The van der Waals surface area contributed by atoms with Gasteiger partial charge in [0.2, 0.25) is 11.8 Å². The molecule has 114 valence electrons. The standard InChI is InChI=1S/C16H23N3O2/c1-4-12-16(21)19(11-15(20)18(5-2)6-3)14-10-8-7-9-13(14)17-12/h7-10,12,17H,4-6,11H2,1-3H3. The summed E-state index contributed by atoms with van der Waals surface area (Å²) in [4.78, 5) is 28.2. The van der Waals surface area contributed by atoms with Gasteiger partial charge in [-0.25, -0.2) is 0 Å². The smallest absolute Gasteiger partial charge is 0.250 e. The van der Waals surface area contributed by atoms with E-state index in [1.165, 1.54) is 0 Å². The van der Waals surface area contributed by atoms with Crippen LogP contribution < -0.4 is 10.2 Å². The molecule has 1 aliphatic heterocycles. The van der Waals surface area contributed by atoms with Gasteiger partial charge in [-0.15, -0.1) is 0 Å². The van der Waals surface area contributed by atoms with Crippen molar-refractivity contribution in [3.8, 4) is 0 Å². The van der Waals surface area contributed by atoms with E-state index in [0.29, 0.717) is 19.5 Å². The Balaban J connectivity index is 2.28. The number of hydrogen-bond acceptors (Lipinski definition) is 3. The quantitative estimate of drug-likeness (QED) is 0.903. The fraction of sp³-hybridized carbons (Fsp3) is 0.500. The molecule has 0 saturated carbocycles. The molecule has 5 heteroatoms. The zero-order valence-corrected chi connectivity index (χ0v) is 12.9. The first-order valence-electron chi connectivity index (χ1n) is 7.57. The summed E-state index contributed by atoms with van der Waals surface area (Å²) in [6.07, 6.45) is 0.698. The summed E-state index contributed by atoms with van der Waals surface area (Å²) < 4.78 is 0. The van der Waals surface area contributed by atoms with Gasteiger partial charge in [0.1, 0.15) is 12.6 Å². The minimum atomic E-state index is -0.260. The molecule has 1 aromatic carbocycles. The number of fused-ring (bicyclic) bond motifs is 1. The van der Waals surface area contributed by atoms with E-state index in [4.69, 9.17) is 0 Å². The van der Waals surface area contributed by atoms with Gasteiger partial charge in [0.25, 0.3) is 0 Å². The first-order chi connectivity index (χ1) is 10.1. The number of carbonyl (C=O) groups excluding carboxylic acids is 2. The van der Waals surface area contributed by atoms with Crippen molar-refractivity contribution in [2.75, 3.05) is 29.9 Å². The van der Waals surface area contributed by atoms with Crippen molar-refractivity contribution in [2.45, 2.75) is 33.2 Å². The number of para-hydroxylation sites is 2. The lowest BCUT2D eigenvalue weighted by atomic mass is 10.1. The number of carbonyl (C=O) groups is 2. The molecule has 0 bridgehead atoms. The minimum absolute atomic E-state index is 0.0140. The molecule has 2 amide bonds. The van der Waals surface area contributed by atoms with Crippen LogP contribution in [0.5, 0.6) is 0 Å². The Bertz CT molecular complexity index is 526. The Morgan fingerprint density at radius 2 is 1.90 bits per heavy atom. The van der Waals surface area contributed by atoms with Crippen molar-refractivity contribution < 1.29 is 9.59 Å². The normalized spacial score (nSPS) is 17.2. The highest BCUT2D eigenvalue weighted by Crippen LogP contribution is 2.31. The molecule has 0 radical (unpaired) electrons. The number of benzene rings is 1. The van der Waals surface area contributed by atoms with Gasteiger partial charge in [-0.1, -0.05) is 19.1 Å². The number of hydrogen-bond donors (Lipinski definition) is 1. The fourth-order valence-electron chi connectivity index (χ4n) is 2.64. The molecule has 1 atom stereocenters. The molecule has 1 heterocycles. The van der Waals surface area contributed by atoms with Crippen LogP contribution in [0, 0.1) is 0 Å². The van der Waals surface area contributed by atoms with Crippen LogP contribution in [-0.2, 0) is 9.59 Å². The van der Waals surface area contributed by atoms with Crippen molar-refractivity contribution in [3.63, 3.8) is 0 Å². The Labute approximate surface area is 125 Å². The van der Waals surface area contributed by atoms with E-state index in [0.717, 1.165) is 11.4 Å². The molecule has 0 fully saturated rings. The van der Waals surface area contributed by atoms with Crippen molar-refractivity contribution in [3.05, 3.63) is 24.3 Å². The maximum absolute atomic E-state index is 12.5. The molecule has 1 N–H and O–H groups in total. The van der Waals surface area contributed by atoms with Gasteiger partial charge in [-0.05, 0) is 32.4 Å². The van der Waals surface area contributed by atoms with Gasteiger partial charge >= 0.3 is 0 Å². The highest BCUT2D eigenvalue weighted by Gasteiger charge is 2.32. The predicted octanol–water partition coefficient (Wildman–Crippen LogP) is 2.09. The Hall–Kier alpha value is -2.04. The Morgan fingerprint density at radius 3 is 2.52 bits per heavy atom. The maximum Gasteiger partial charge on any atom is 0.250 e. The summed E-state index contributed by atoms with van der Waals surface area (Å²) >= 11 is 0. The topological polar surface area (TPSA) is 52.7 Å². The number of anilines is 2. The number of amides is 2. The monoisotopic (exact) mass is 289 g/mol. The van der Waals surface area contributed by atoms with Crippen molar-refractivity contribution in [2.24, 2.45) is 0 Å². The van der Waals surface area contributed by atoms with Gasteiger partial charge < -0.3 is 10.2 Å². The zero-order chi connectivity index (χ0) is 15.4. The summed E-state index contributed by atoms with van der Waals surface area (Å²) in [7, 11) is 0. The first kappa shape index (κ1) is 15.4. The fourth-order valence-corrected chi connectivity index (χ4v) is 2.64. The van der Waals surface area contributed by atoms with Gasteiger partial charge in [0.05, 0.1) is 11.4 Å². The van der Waals surface area contributed by atoms with Crippen LogP contribution in [0.1, 0.15) is 27.2 Å². The van der Waals surface area contributed by atoms with Gasteiger partial charge in [0, 0.05) is 13.1 Å². The van der Waals surface area contributed by atoms with Crippen LogP contribution in [0.4, 0.5) is 11.4 Å². The van der Waals surface area contributed by atoms with E-state index in [2.05, 4.69) is 5.32 Å². The SMILES string of the molecule is CCC1Nc2ccccc2N(CC(=O)N(CC)CC)C1=O. The van der Waals surface area contributed by atoms with Crippen LogP contribution in [-0.4, -0.2) is 42.4 Å². The molecule has 2 rings (SSSR count). The summed E-state index contributed by atoms with van der Waals surface area (Å²) in [6, 6.07) is 7.37. The van der Waals surface area contributed by atoms with E-state index in [9.17, 15) is 9.59 Å². The van der Waals surface area contributed by atoms with Gasteiger partial charge in [-0.3, -0.25) is 14.5 Å². The molecular weight excluding hydrogens is 266 g/mol. The molecule has 0 spiro atoms. The van der Waals surface area contributed by atoms with E-state index in [1.54, 1.807) is 9.80 Å². The second-order valence-electron chi connectivity index (χ2n) is 5.11. The maximum atomic E-state index is 12.5. The predicted molar refractivity (Wildman–Crippen MR) is 84.4 cm³/mol. The summed E-state index contributed by atoms with van der Waals surface area (Å²) in [5.41, 5.74) is 1.70. The highest BCUT2D eigenvalue weighted by atomic mass is 16.2. The largest absolute Gasteiger partial charge is 0.372 e. The minimum Gasteiger partial charge on any atom is -0.372 e. The molecule has 1 aliphatic rings. The second kappa shape index (κ2) is 6.61. The van der Waals surface area contributed by atoms with Crippen LogP contribution in [0.15, 0.2) is 24.3 Å². The van der Waals surface area contributed by atoms with Crippen LogP contribution in [0.25, 0.3) is 0 Å². The lowest BCUT2D eigenvalue weighted by molar-refractivity contribution is -0.131. The molecule has 0 aliphatic carbocycles. The van der Waals surface area contributed by atoms with E-state index in [-0.39, 0.29) is 24.4 Å². The summed E-state index contributed by atoms with van der Waals surface area (Å²) in [6.45, 7) is 7.29. The third-order valence-corrected chi connectivity index (χ3v) is 3.91. The van der Waals surface area contributed by atoms with E-state index in [1.807, 2.05) is 45.0 Å². The van der Waals surface area contributed by atoms with Crippen molar-refractivity contribution >= 4 is 23.2 Å². The molecule has 5 nitrogen and oxygen atoms in total. The number of nitrogens with one attached hydrogen (secondary N) is 1. The summed E-state index contributed by atoms with van der Waals surface area (Å²) in [5.74, 6) is -0.0448. The lowest BCUT2D eigenvalue weighted by Crippen LogP contribution is -2.51. The van der Waals surface area contributed by atoms with E-state index < -0.39 is 0 Å². The Morgan fingerprint density at radius 1 is 1.24 bits per heavy atom. The van der Waals surface area contributed by atoms with Crippen LogP contribution in [0.2, 0.25) is 0 Å². The molecule has 1 unspecified atom stereocenters. The first-order valence-corrected chi connectivity index (χ1v) is 7.57. The van der Waals surface area contributed by atoms with E-state index >= 15 is 0 Å².